The molecule has 2 aromatic rings. The Bertz CT molecular complexity index is 778. The van der Waals surface area contributed by atoms with E-state index in [0.717, 1.165) is 0 Å². The highest BCUT2D eigenvalue weighted by Crippen LogP contribution is 2.30. The third-order valence-corrected chi connectivity index (χ3v) is 3.56. The predicted molar refractivity (Wildman–Crippen MR) is 105 cm³/mol. The van der Waals surface area contributed by atoms with E-state index < -0.39 is 24.6 Å². The van der Waals surface area contributed by atoms with Crippen molar-refractivity contribution < 1.29 is 28.5 Å². The molecule has 1 N–H and O–H groups in total. The van der Waals surface area contributed by atoms with Gasteiger partial charge in [-0.25, -0.2) is 4.79 Å². The summed E-state index contributed by atoms with van der Waals surface area (Å²) in [5.41, 5.74) is 0.515. The molecule has 0 aliphatic carbocycles. The van der Waals surface area contributed by atoms with Crippen molar-refractivity contribution in [2.45, 2.75) is 26.9 Å². The fourth-order valence-corrected chi connectivity index (χ4v) is 2.33. The van der Waals surface area contributed by atoms with Crippen LogP contribution in [0, 0.1) is 0 Å². The van der Waals surface area contributed by atoms with Crippen LogP contribution in [0.5, 0.6) is 17.2 Å². The summed E-state index contributed by atoms with van der Waals surface area (Å²) in [6, 6.07) is 14.0. The van der Waals surface area contributed by atoms with Gasteiger partial charge in [0.2, 0.25) is 0 Å². The number of ether oxygens (including phenoxy) is 4. The Morgan fingerprint density at radius 1 is 0.964 bits per heavy atom. The average Bonchev–Trinajstić information content (AvgIpc) is 2.69. The molecule has 0 aromatic heterocycles. The Balaban J connectivity index is 1.86. The van der Waals surface area contributed by atoms with E-state index in [1.165, 1.54) is 0 Å². The first-order chi connectivity index (χ1) is 13.5. The van der Waals surface area contributed by atoms with Crippen molar-refractivity contribution >= 4 is 17.6 Å². The number of esters is 1. The number of rotatable bonds is 10. The maximum atomic E-state index is 12.1. The smallest absolute Gasteiger partial charge is 0.347 e. The van der Waals surface area contributed by atoms with Crippen molar-refractivity contribution in [2.75, 3.05) is 25.1 Å². The van der Waals surface area contributed by atoms with E-state index in [0.29, 0.717) is 36.1 Å². The molecule has 0 heterocycles. The van der Waals surface area contributed by atoms with Gasteiger partial charge in [-0.15, -0.1) is 0 Å². The first kappa shape index (κ1) is 21.1. The predicted octanol–water partition coefficient (Wildman–Crippen LogP) is 3.43. The normalized spacial score (nSPS) is 11.2. The van der Waals surface area contributed by atoms with Crippen LogP contribution < -0.4 is 19.5 Å². The van der Waals surface area contributed by atoms with E-state index in [1.807, 2.05) is 19.9 Å². The average molecular weight is 387 g/mol. The molecule has 28 heavy (non-hydrogen) atoms. The molecule has 7 nitrogen and oxygen atoms in total. The van der Waals surface area contributed by atoms with Gasteiger partial charge in [-0.05, 0) is 45.0 Å². The topological polar surface area (TPSA) is 83.1 Å². The standard InChI is InChI=1S/C21H25NO6/c1-4-25-18-12-11-16(13-19(18)26-5-2)22-20(23)14-27-21(24)15(3)28-17-9-7-6-8-10-17/h6-13,15H,4-5,14H2,1-3H3,(H,22,23)/t15-/m0/s1. The maximum absolute atomic E-state index is 12.1. The van der Waals surface area contributed by atoms with Crippen molar-refractivity contribution in [3.05, 3.63) is 48.5 Å². The van der Waals surface area contributed by atoms with Crippen LogP contribution in [0.25, 0.3) is 0 Å². The molecular weight excluding hydrogens is 362 g/mol. The Morgan fingerprint density at radius 2 is 1.64 bits per heavy atom. The molecule has 7 heteroatoms. The molecule has 0 saturated heterocycles. The molecule has 0 aliphatic rings. The third-order valence-electron chi connectivity index (χ3n) is 3.56. The molecule has 0 aliphatic heterocycles. The molecule has 0 radical (unpaired) electrons. The number of hydrogen-bond donors (Lipinski definition) is 1. The van der Waals surface area contributed by atoms with Crippen LogP contribution in [0.2, 0.25) is 0 Å². The summed E-state index contributed by atoms with van der Waals surface area (Å²) in [6.07, 6.45) is -0.828. The van der Waals surface area contributed by atoms with E-state index in [2.05, 4.69) is 5.32 Å². The fraction of sp³-hybridized carbons (Fsp3) is 0.333. The van der Waals surface area contributed by atoms with Crippen LogP contribution in [0.1, 0.15) is 20.8 Å². The lowest BCUT2D eigenvalue weighted by atomic mass is 10.2. The van der Waals surface area contributed by atoms with Crippen LogP contribution in [-0.4, -0.2) is 37.8 Å². The van der Waals surface area contributed by atoms with E-state index in [4.69, 9.17) is 18.9 Å². The van der Waals surface area contributed by atoms with E-state index in [9.17, 15) is 9.59 Å². The summed E-state index contributed by atoms with van der Waals surface area (Å²) >= 11 is 0. The summed E-state index contributed by atoms with van der Waals surface area (Å²) < 4.78 is 21.5. The van der Waals surface area contributed by atoms with Crippen LogP contribution in [0.3, 0.4) is 0 Å². The summed E-state index contributed by atoms with van der Waals surface area (Å²) in [7, 11) is 0. The van der Waals surface area contributed by atoms with Gasteiger partial charge in [0.05, 0.1) is 13.2 Å². The van der Waals surface area contributed by atoms with Gasteiger partial charge in [-0.2, -0.15) is 0 Å². The van der Waals surface area contributed by atoms with E-state index >= 15 is 0 Å². The monoisotopic (exact) mass is 387 g/mol. The lowest BCUT2D eigenvalue weighted by Gasteiger charge is -2.14. The summed E-state index contributed by atoms with van der Waals surface area (Å²) in [5.74, 6) is 0.589. The zero-order valence-corrected chi connectivity index (χ0v) is 16.3. The molecule has 0 unspecified atom stereocenters. The van der Waals surface area contributed by atoms with Gasteiger partial charge in [0, 0.05) is 11.8 Å². The van der Waals surface area contributed by atoms with Crippen molar-refractivity contribution in [2.24, 2.45) is 0 Å². The Morgan fingerprint density at radius 3 is 2.32 bits per heavy atom. The van der Waals surface area contributed by atoms with Gasteiger partial charge in [0.1, 0.15) is 5.75 Å². The Hall–Kier alpha value is -3.22. The fourth-order valence-electron chi connectivity index (χ4n) is 2.33. The first-order valence-electron chi connectivity index (χ1n) is 9.11. The van der Waals surface area contributed by atoms with Gasteiger partial charge in [-0.1, -0.05) is 18.2 Å². The van der Waals surface area contributed by atoms with Crippen LogP contribution in [0.15, 0.2) is 48.5 Å². The zero-order chi connectivity index (χ0) is 20.4. The molecule has 0 saturated carbocycles. The van der Waals surface area contributed by atoms with Crippen molar-refractivity contribution in [3.8, 4) is 17.2 Å². The molecule has 1 amide bonds. The molecule has 2 aromatic carbocycles. The number of nitrogens with one attached hydrogen (secondary N) is 1. The minimum atomic E-state index is -0.828. The Labute approximate surface area is 164 Å². The lowest BCUT2D eigenvalue weighted by Crippen LogP contribution is -2.29. The number of anilines is 1. The minimum Gasteiger partial charge on any atom is -0.490 e. The molecule has 0 spiro atoms. The van der Waals surface area contributed by atoms with Crippen LogP contribution >= 0.6 is 0 Å². The van der Waals surface area contributed by atoms with Gasteiger partial charge >= 0.3 is 5.97 Å². The number of para-hydroxylation sites is 1. The Kier molecular flexibility index (Phi) is 8.14. The molecule has 2 rings (SSSR count). The van der Waals surface area contributed by atoms with Crippen molar-refractivity contribution in [3.63, 3.8) is 0 Å². The first-order valence-corrected chi connectivity index (χ1v) is 9.11. The highest BCUT2D eigenvalue weighted by Gasteiger charge is 2.18. The minimum absolute atomic E-state index is 0.418. The van der Waals surface area contributed by atoms with Gasteiger partial charge < -0.3 is 24.3 Å². The number of carbonyl (C=O) groups excluding carboxylic acids is 2. The number of amides is 1. The maximum Gasteiger partial charge on any atom is 0.347 e. The summed E-state index contributed by atoms with van der Waals surface area (Å²) in [5, 5.41) is 2.66. The second-order valence-corrected chi connectivity index (χ2v) is 5.76. The number of hydrogen-bond acceptors (Lipinski definition) is 6. The quantitative estimate of drug-likeness (QED) is 0.629. The van der Waals surface area contributed by atoms with Crippen LogP contribution in [0.4, 0.5) is 5.69 Å². The zero-order valence-electron chi connectivity index (χ0n) is 16.3. The van der Waals surface area contributed by atoms with Crippen molar-refractivity contribution in [1.29, 1.82) is 0 Å². The van der Waals surface area contributed by atoms with E-state index in [-0.39, 0.29) is 0 Å². The molecule has 0 bridgehead atoms. The van der Waals surface area contributed by atoms with Gasteiger partial charge in [0.15, 0.2) is 24.2 Å². The molecule has 1 atom stereocenters. The molecule has 150 valence electrons. The van der Waals surface area contributed by atoms with Gasteiger partial charge in [-0.3, -0.25) is 4.79 Å². The van der Waals surface area contributed by atoms with Crippen molar-refractivity contribution in [1.82, 2.24) is 0 Å². The van der Waals surface area contributed by atoms with Gasteiger partial charge in [0.25, 0.3) is 5.91 Å². The summed E-state index contributed by atoms with van der Waals surface area (Å²) in [4.78, 5) is 24.1. The highest BCUT2D eigenvalue weighted by atomic mass is 16.6. The molecular formula is C21H25NO6. The largest absolute Gasteiger partial charge is 0.490 e. The molecule has 0 fully saturated rings. The second kappa shape index (κ2) is 10.8. The second-order valence-electron chi connectivity index (χ2n) is 5.76. The SMILES string of the molecule is CCOc1ccc(NC(=O)COC(=O)[C@H](C)Oc2ccccc2)cc1OCC. The lowest BCUT2D eigenvalue weighted by molar-refractivity contribution is -0.153. The van der Waals surface area contributed by atoms with Crippen LogP contribution in [-0.2, 0) is 14.3 Å². The van der Waals surface area contributed by atoms with E-state index in [1.54, 1.807) is 49.4 Å². The third kappa shape index (κ3) is 6.50. The number of carbonyl (C=O) groups is 2. The number of benzene rings is 2. The summed E-state index contributed by atoms with van der Waals surface area (Å²) in [6.45, 7) is 5.85. The highest BCUT2D eigenvalue weighted by molar-refractivity contribution is 5.93.